The van der Waals surface area contributed by atoms with Crippen LogP contribution in [0.25, 0.3) is 11.1 Å². The monoisotopic (exact) mass is 249 g/mol. The van der Waals surface area contributed by atoms with Crippen molar-refractivity contribution in [3.8, 4) is 11.1 Å². The summed E-state index contributed by atoms with van der Waals surface area (Å²) in [5.74, 6) is 0.789. The normalized spacial score (nSPS) is 17.7. The number of anilines is 1. The van der Waals surface area contributed by atoms with Gasteiger partial charge in [-0.2, -0.15) is 0 Å². The summed E-state index contributed by atoms with van der Waals surface area (Å²) in [5.41, 5.74) is 7.15. The molecule has 1 N–H and O–H groups in total. The topological polar surface area (TPSA) is 12.0 Å². The number of nitrogens with one attached hydrogen (secondary N) is 1. The Morgan fingerprint density at radius 1 is 1.00 bits per heavy atom. The van der Waals surface area contributed by atoms with Crippen LogP contribution in [0, 0.1) is 0 Å². The third-order valence-electron chi connectivity index (χ3n) is 4.64. The molecular formula is C18H19N. The third kappa shape index (κ3) is 1.85. The molecule has 1 aliphatic carbocycles. The number of hydrogen-bond acceptors (Lipinski definition) is 1. The van der Waals surface area contributed by atoms with Gasteiger partial charge in [-0.15, -0.1) is 0 Å². The van der Waals surface area contributed by atoms with Crippen molar-refractivity contribution in [1.29, 1.82) is 0 Å². The second kappa shape index (κ2) is 4.41. The summed E-state index contributed by atoms with van der Waals surface area (Å²) >= 11 is 0. The summed E-state index contributed by atoms with van der Waals surface area (Å²) in [6.07, 6.45) is 5.28. The molecule has 1 nitrogen and oxygen atoms in total. The third-order valence-corrected chi connectivity index (χ3v) is 4.64. The van der Waals surface area contributed by atoms with Crippen molar-refractivity contribution in [2.75, 3.05) is 11.9 Å². The van der Waals surface area contributed by atoms with E-state index < -0.39 is 0 Å². The zero-order valence-electron chi connectivity index (χ0n) is 11.2. The lowest BCUT2D eigenvalue weighted by Crippen LogP contribution is -2.09. The maximum absolute atomic E-state index is 3.49. The molecule has 2 aromatic rings. The highest BCUT2D eigenvalue weighted by atomic mass is 14.9. The van der Waals surface area contributed by atoms with E-state index in [9.17, 15) is 0 Å². The largest absolute Gasteiger partial charge is 0.384 e. The lowest BCUT2D eigenvalue weighted by Gasteiger charge is -2.28. The zero-order valence-corrected chi connectivity index (χ0v) is 11.2. The molecule has 0 spiro atoms. The van der Waals surface area contributed by atoms with E-state index in [1.54, 1.807) is 5.56 Å². The lowest BCUT2D eigenvalue weighted by atomic mass is 9.77. The standard InChI is InChI=1S/C18H19N/c1-2-7-17(16(6-1)13-4-3-5-13)15-9-8-14-10-11-19-18(14)12-15/h1-2,6-9,12-13,19H,3-5,10-11H2. The minimum atomic E-state index is 0.789. The molecule has 0 saturated heterocycles. The summed E-state index contributed by atoms with van der Waals surface area (Å²) in [4.78, 5) is 0. The quantitative estimate of drug-likeness (QED) is 0.821. The Labute approximate surface area is 114 Å². The van der Waals surface area contributed by atoms with Crippen LogP contribution >= 0.6 is 0 Å². The SMILES string of the molecule is c1ccc(C2CCC2)c(-c2ccc3c(c2)NCC3)c1. The fourth-order valence-corrected chi connectivity index (χ4v) is 3.29. The van der Waals surface area contributed by atoms with Gasteiger partial charge < -0.3 is 5.32 Å². The molecule has 19 heavy (non-hydrogen) atoms. The predicted molar refractivity (Wildman–Crippen MR) is 80.7 cm³/mol. The number of fused-ring (bicyclic) bond motifs is 1. The molecule has 1 saturated carbocycles. The Morgan fingerprint density at radius 3 is 2.74 bits per heavy atom. The van der Waals surface area contributed by atoms with Crippen LogP contribution in [-0.4, -0.2) is 6.54 Å². The maximum Gasteiger partial charge on any atom is 0.0379 e. The highest BCUT2D eigenvalue weighted by molar-refractivity contribution is 5.74. The smallest absolute Gasteiger partial charge is 0.0379 e. The van der Waals surface area contributed by atoms with Crippen LogP contribution in [-0.2, 0) is 6.42 Å². The van der Waals surface area contributed by atoms with Crippen molar-refractivity contribution in [2.24, 2.45) is 0 Å². The summed E-state index contributed by atoms with van der Waals surface area (Å²) in [5, 5.41) is 3.49. The molecule has 2 aromatic carbocycles. The first-order valence-electron chi connectivity index (χ1n) is 7.38. The van der Waals surface area contributed by atoms with E-state index in [-0.39, 0.29) is 0 Å². The Bertz CT molecular complexity index is 611. The lowest BCUT2D eigenvalue weighted by molar-refractivity contribution is 0.420. The summed E-state index contributed by atoms with van der Waals surface area (Å²) < 4.78 is 0. The van der Waals surface area contributed by atoms with Gasteiger partial charge in [0.25, 0.3) is 0 Å². The van der Waals surface area contributed by atoms with E-state index in [0.29, 0.717) is 0 Å². The average Bonchev–Trinajstić information content (AvgIpc) is 2.84. The molecule has 0 unspecified atom stereocenters. The molecule has 2 aliphatic rings. The van der Waals surface area contributed by atoms with Crippen LogP contribution < -0.4 is 5.32 Å². The Kier molecular flexibility index (Phi) is 2.58. The fraction of sp³-hybridized carbons (Fsp3) is 0.333. The van der Waals surface area contributed by atoms with Gasteiger partial charge in [-0.3, -0.25) is 0 Å². The van der Waals surface area contributed by atoms with E-state index in [4.69, 9.17) is 0 Å². The number of hydrogen-bond donors (Lipinski definition) is 1. The fourth-order valence-electron chi connectivity index (χ4n) is 3.29. The maximum atomic E-state index is 3.49. The predicted octanol–water partition coefficient (Wildman–Crippen LogP) is 4.59. The van der Waals surface area contributed by atoms with Crippen LogP contribution in [0.1, 0.15) is 36.3 Å². The zero-order chi connectivity index (χ0) is 12.7. The van der Waals surface area contributed by atoms with E-state index >= 15 is 0 Å². The Morgan fingerprint density at radius 2 is 1.89 bits per heavy atom. The van der Waals surface area contributed by atoms with Gasteiger partial charge in [-0.1, -0.05) is 42.8 Å². The molecular weight excluding hydrogens is 230 g/mol. The summed E-state index contributed by atoms with van der Waals surface area (Å²) in [6, 6.07) is 15.9. The summed E-state index contributed by atoms with van der Waals surface area (Å²) in [7, 11) is 0. The molecule has 96 valence electrons. The van der Waals surface area contributed by atoms with Gasteiger partial charge in [0.15, 0.2) is 0 Å². The first-order chi connectivity index (χ1) is 9.42. The second-order valence-electron chi connectivity index (χ2n) is 5.76. The van der Waals surface area contributed by atoms with Crippen molar-refractivity contribution in [3.05, 3.63) is 53.6 Å². The van der Waals surface area contributed by atoms with Crippen LogP contribution in [0.3, 0.4) is 0 Å². The summed E-state index contributed by atoms with van der Waals surface area (Å²) in [6.45, 7) is 1.09. The van der Waals surface area contributed by atoms with Crippen LogP contribution in [0.2, 0.25) is 0 Å². The molecule has 1 heteroatoms. The van der Waals surface area contributed by atoms with Gasteiger partial charge in [0, 0.05) is 12.2 Å². The van der Waals surface area contributed by atoms with Crippen molar-refractivity contribution in [1.82, 2.24) is 0 Å². The van der Waals surface area contributed by atoms with Crippen molar-refractivity contribution < 1.29 is 0 Å². The van der Waals surface area contributed by atoms with E-state index in [2.05, 4.69) is 47.8 Å². The van der Waals surface area contributed by atoms with E-state index in [0.717, 1.165) is 12.5 Å². The van der Waals surface area contributed by atoms with Gasteiger partial charge in [-0.05, 0) is 53.5 Å². The van der Waals surface area contributed by atoms with Gasteiger partial charge in [0.1, 0.15) is 0 Å². The molecule has 0 atom stereocenters. The van der Waals surface area contributed by atoms with Gasteiger partial charge >= 0.3 is 0 Å². The highest BCUT2D eigenvalue weighted by Crippen LogP contribution is 2.41. The minimum absolute atomic E-state index is 0.789. The van der Waals surface area contributed by atoms with Gasteiger partial charge in [0.2, 0.25) is 0 Å². The highest BCUT2D eigenvalue weighted by Gasteiger charge is 2.22. The molecule has 0 amide bonds. The van der Waals surface area contributed by atoms with Gasteiger partial charge in [-0.25, -0.2) is 0 Å². The van der Waals surface area contributed by atoms with Gasteiger partial charge in [0.05, 0.1) is 0 Å². The van der Waals surface area contributed by atoms with Crippen molar-refractivity contribution in [3.63, 3.8) is 0 Å². The van der Waals surface area contributed by atoms with Crippen molar-refractivity contribution >= 4 is 5.69 Å². The first kappa shape index (κ1) is 11.1. The van der Waals surface area contributed by atoms with Crippen LogP contribution in [0.15, 0.2) is 42.5 Å². The Hall–Kier alpha value is -1.76. The second-order valence-corrected chi connectivity index (χ2v) is 5.76. The number of benzene rings is 2. The Balaban J connectivity index is 1.79. The molecule has 0 aromatic heterocycles. The molecule has 1 aliphatic heterocycles. The average molecular weight is 249 g/mol. The molecule has 1 heterocycles. The van der Waals surface area contributed by atoms with Crippen molar-refractivity contribution in [2.45, 2.75) is 31.6 Å². The molecule has 0 radical (unpaired) electrons. The molecule has 0 bridgehead atoms. The first-order valence-corrected chi connectivity index (χ1v) is 7.38. The van der Waals surface area contributed by atoms with Crippen LogP contribution in [0.5, 0.6) is 0 Å². The van der Waals surface area contributed by atoms with E-state index in [1.165, 1.54) is 48.1 Å². The molecule has 4 rings (SSSR count). The van der Waals surface area contributed by atoms with E-state index in [1.807, 2.05) is 0 Å². The minimum Gasteiger partial charge on any atom is -0.384 e. The molecule has 1 fully saturated rings. The van der Waals surface area contributed by atoms with Crippen LogP contribution in [0.4, 0.5) is 5.69 Å². The number of rotatable bonds is 2.